The van der Waals surface area contributed by atoms with Crippen molar-refractivity contribution in [2.75, 3.05) is 0 Å². The van der Waals surface area contributed by atoms with Crippen LogP contribution in [0, 0.1) is 3.57 Å². The van der Waals surface area contributed by atoms with E-state index in [1.807, 2.05) is 0 Å². The van der Waals surface area contributed by atoms with Gasteiger partial charge in [-0.3, -0.25) is 5.10 Å². The van der Waals surface area contributed by atoms with E-state index in [0.29, 0.717) is 5.82 Å². The third kappa shape index (κ3) is 3.06. The molecule has 1 unspecified atom stereocenters. The van der Waals surface area contributed by atoms with E-state index in [2.05, 4.69) is 42.5 Å². The van der Waals surface area contributed by atoms with Crippen LogP contribution < -0.4 is 4.72 Å². The van der Waals surface area contributed by atoms with Gasteiger partial charge < -0.3 is 0 Å². The van der Waals surface area contributed by atoms with Gasteiger partial charge in [-0.1, -0.05) is 0 Å². The van der Waals surface area contributed by atoms with Gasteiger partial charge in [-0.05, 0) is 53.8 Å². The Balaban J connectivity index is 2.20. The van der Waals surface area contributed by atoms with Crippen molar-refractivity contribution in [2.24, 2.45) is 0 Å². The van der Waals surface area contributed by atoms with Crippen molar-refractivity contribution in [2.45, 2.75) is 17.9 Å². The summed E-state index contributed by atoms with van der Waals surface area (Å²) in [4.78, 5) is 4.14. The van der Waals surface area contributed by atoms with E-state index in [1.165, 1.54) is 6.33 Å². The van der Waals surface area contributed by atoms with Gasteiger partial charge in [0, 0.05) is 3.57 Å². The molecule has 18 heavy (non-hydrogen) atoms. The highest BCUT2D eigenvalue weighted by Crippen LogP contribution is 2.15. The zero-order valence-corrected chi connectivity index (χ0v) is 12.4. The molecule has 0 radical (unpaired) electrons. The van der Waals surface area contributed by atoms with Crippen molar-refractivity contribution < 1.29 is 8.42 Å². The molecular weight excluding hydrogens is 367 g/mol. The maximum atomic E-state index is 12.1. The number of aromatic nitrogens is 3. The maximum Gasteiger partial charge on any atom is 0.241 e. The van der Waals surface area contributed by atoms with Gasteiger partial charge in [0.1, 0.15) is 12.2 Å². The van der Waals surface area contributed by atoms with Crippen LogP contribution in [0.25, 0.3) is 0 Å². The first-order chi connectivity index (χ1) is 8.49. The predicted molar refractivity (Wildman–Crippen MR) is 74.3 cm³/mol. The number of rotatable bonds is 4. The molecule has 8 heteroatoms. The largest absolute Gasteiger partial charge is 0.262 e. The van der Waals surface area contributed by atoms with Crippen LogP contribution in [0.3, 0.4) is 0 Å². The minimum atomic E-state index is -3.54. The SMILES string of the molecule is CC(NS(=O)(=O)c1ccc(I)cc1)c1ncn[nH]1. The summed E-state index contributed by atoms with van der Waals surface area (Å²) in [6.07, 6.45) is 1.34. The Bertz CT molecular complexity index is 610. The third-order valence-corrected chi connectivity index (χ3v) is 4.58. The van der Waals surface area contributed by atoms with E-state index in [-0.39, 0.29) is 4.90 Å². The van der Waals surface area contributed by atoms with Gasteiger partial charge in [-0.2, -0.15) is 5.10 Å². The molecule has 0 bridgehead atoms. The zero-order chi connectivity index (χ0) is 13.2. The number of nitrogens with one attached hydrogen (secondary N) is 2. The van der Waals surface area contributed by atoms with Crippen molar-refractivity contribution in [1.29, 1.82) is 0 Å². The Morgan fingerprint density at radius 2 is 2.00 bits per heavy atom. The monoisotopic (exact) mass is 378 g/mol. The summed E-state index contributed by atoms with van der Waals surface area (Å²) in [7, 11) is -3.54. The second-order valence-electron chi connectivity index (χ2n) is 3.67. The van der Waals surface area contributed by atoms with E-state index in [1.54, 1.807) is 31.2 Å². The number of hydrogen-bond acceptors (Lipinski definition) is 4. The minimum Gasteiger partial charge on any atom is -0.262 e. The average Bonchev–Trinajstić information content (AvgIpc) is 2.82. The molecule has 6 nitrogen and oxygen atoms in total. The summed E-state index contributed by atoms with van der Waals surface area (Å²) >= 11 is 2.12. The lowest BCUT2D eigenvalue weighted by atomic mass is 10.3. The predicted octanol–water partition coefficient (Wildman–Crippen LogP) is 1.45. The molecule has 0 aliphatic carbocycles. The maximum absolute atomic E-state index is 12.1. The highest BCUT2D eigenvalue weighted by atomic mass is 127. The summed E-state index contributed by atoms with van der Waals surface area (Å²) in [5.41, 5.74) is 0. The molecule has 0 spiro atoms. The number of benzene rings is 1. The van der Waals surface area contributed by atoms with Crippen LogP contribution in [0.5, 0.6) is 0 Å². The number of halogens is 1. The van der Waals surface area contributed by atoms with Crippen molar-refractivity contribution in [1.82, 2.24) is 19.9 Å². The summed E-state index contributed by atoms with van der Waals surface area (Å²) in [6, 6.07) is 6.16. The molecule has 1 aromatic heterocycles. The molecule has 0 amide bonds. The number of H-pyrrole nitrogens is 1. The van der Waals surface area contributed by atoms with Crippen LogP contribution in [0.15, 0.2) is 35.5 Å². The Kier molecular flexibility index (Phi) is 3.97. The Labute approximate surface area is 118 Å². The first-order valence-corrected chi connectivity index (χ1v) is 7.68. The molecule has 2 N–H and O–H groups in total. The van der Waals surface area contributed by atoms with Gasteiger partial charge in [0.15, 0.2) is 0 Å². The van der Waals surface area contributed by atoms with Gasteiger partial charge >= 0.3 is 0 Å². The number of hydrogen-bond donors (Lipinski definition) is 2. The zero-order valence-electron chi connectivity index (χ0n) is 9.46. The second kappa shape index (κ2) is 5.33. The van der Waals surface area contributed by atoms with E-state index >= 15 is 0 Å². The fourth-order valence-electron chi connectivity index (χ4n) is 1.39. The lowest BCUT2D eigenvalue weighted by Crippen LogP contribution is -2.27. The van der Waals surface area contributed by atoms with Gasteiger partial charge in [0.25, 0.3) is 0 Å². The molecule has 1 aromatic carbocycles. The second-order valence-corrected chi connectivity index (χ2v) is 6.63. The number of aromatic amines is 1. The average molecular weight is 378 g/mol. The summed E-state index contributed by atoms with van der Waals surface area (Å²) in [6.45, 7) is 1.70. The van der Waals surface area contributed by atoms with E-state index in [4.69, 9.17) is 0 Å². The molecule has 0 aliphatic heterocycles. The smallest absolute Gasteiger partial charge is 0.241 e. The minimum absolute atomic E-state index is 0.231. The van der Waals surface area contributed by atoms with Crippen molar-refractivity contribution >= 4 is 32.6 Å². The fraction of sp³-hybridized carbons (Fsp3) is 0.200. The molecule has 2 aromatic rings. The van der Waals surface area contributed by atoms with Gasteiger partial charge in [0.05, 0.1) is 10.9 Å². The van der Waals surface area contributed by atoms with Gasteiger partial charge in [-0.15, -0.1) is 0 Å². The molecule has 0 saturated heterocycles. The quantitative estimate of drug-likeness (QED) is 0.789. The first kappa shape index (κ1) is 13.4. The van der Waals surface area contributed by atoms with Crippen molar-refractivity contribution in [3.8, 4) is 0 Å². The molecule has 0 saturated carbocycles. The van der Waals surface area contributed by atoms with E-state index in [0.717, 1.165) is 3.57 Å². The van der Waals surface area contributed by atoms with E-state index < -0.39 is 16.1 Å². The number of nitrogens with zero attached hydrogens (tertiary/aromatic N) is 2. The third-order valence-electron chi connectivity index (χ3n) is 2.30. The molecule has 0 fully saturated rings. The van der Waals surface area contributed by atoms with Crippen molar-refractivity contribution in [3.05, 3.63) is 40.0 Å². The molecule has 1 heterocycles. The van der Waals surface area contributed by atoms with E-state index in [9.17, 15) is 8.42 Å². The molecule has 0 aliphatic rings. The van der Waals surface area contributed by atoms with Crippen LogP contribution >= 0.6 is 22.6 Å². The van der Waals surface area contributed by atoms with Crippen LogP contribution in [0.2, 0.25) is 0 Å². The standard InChI is InChI=1S/C10H11IN4O2S/c1-7(10-12-6-13-14-10)15-18(16,17)9-4-2-8(11)3-5-9/h2-7,15H,1H3,(H,12,13,14). The van der Waals surface area contributed by atoms with Gasteiger partial charge in [0.2, 0.25) is 10.0 Å². The Morgan fingerprint density at radius 1 is 1.33 bits per heavy atom. The number of sulfonamides is 1. The molecular formula is C10H11IN4O2S. The Morgan fingerprint density at radius 3 is 2.56 bits per heavy atom. The van der Waals surface area contributed by atoms with Crippen LogP contribution in [0.1, 0.15) is 18.8 Å². The first-order valence-electron chi connectivity index (χ1n) is 5.12. The van der Waals surface area contributed by atoms with Gasteiger partial charge in [-0.25, -0.2) is 18.1 Å². The normalized spacial score (nSPS) is 13.4. The summed E-state index contributed by atoms with van der Waals surface area (Å²) in [5.74, 6) is 0.476. The summed E-state index contributed by atoms with van der Waals surface area (Å²) < 4.78 is 27.7. The topological polar surface area (TPSA) is 87.7 Å². The lowest BCUT2D eigenvalue weighted by Gasteiger charge is -2.11. The van der Waals surface area contributed by atoms with Crippen LogP contribution in [0.4, 0.5) is 0 Å². The molecule has 96 valence electrons. The summed E-state index contributed by atoms with van der Waals surface area (Å²) in [5, 5.41) is 6.32. The lowest BCUT2D eigenvalue weighted by molar-refractivity contribution is 0.560. The van der Waals surface area contributed by atoms with Crippen LogP contribution in [-0.2, 0) is 10.0 Å². The molecule has 2 rings (SSSR count). The van der Waals surface area contributed by atoms with Crippen LogP contribution in [-0.4, -0.2) is 23.6 Å². The fourth-order valence-corrected chi connectivity index (χ4v) is 2.96. The Hall–Kier alpha value is -1.00. The highest BCUT2D eigenvalue weighted by molar-refractivity contribution is 14.1. The molecule has 1 atom stereocenters. The van der Waals surface area contributed by atoms with Crippen molar-refractivity contribution in [3.63, 3.8) is 0 Å². The highest BCUT2D eigenvalue weighted by Gasteiger charge is 2.19.